The summed E-state index contributed by atoms with van der Waals surface area (Å²) in [6.07, 6.45) is 0. The summed E-state index contributed by atoms with van der Waals surface area (Å²) in [5.41, 5.74) is 0. The van der Waals surface area contributed by atoms with Gasteiger partial charge < -0.3 is 0 Å². The van der Waals surface area contributed by atoms with Gasteiger partial charge in [0.2, 0.25) is 0 Å². The number of hydrogen-bond donors (Lipinski definition) is 0. The van der Waals surface area contributed by atoms with Crippen molar-refractivity contribution in [3.63, 3.8) is 0 Å². The van der Waals surface area contributed by atoms with Gasteiger partial charge in [0, 0.05) is 0 Å². The van der Waals surface area contributed by atoms with Crippen molar-refractivity contribution >= 4 is 7.00 Å². The van der Waals surface area contributed by atoms with Crippen LogP contribution in [0.2, 0.25) is 0 Å². The minimum atomic E-state index is -2.09. The first kappa shape index (κ1) is 10.8. The molecule has 0 aliphatic heterocycles. The minimum absolute atomic E-state index is 0.885. The molecule has 74 valence electrons. The maximum absolute atomic E-state index is 12.6. The average molecular weight is 250 g/mol. The van der Waals surface area contributed by atoms with Crippen LogP contribution < -0.4 is 0 Å². The molecule has 3 heteroatoms. The van der Waals surface area contributed by atoms with E-state index in [1.165, 1.54) is 0 Å². The van der Waals surface area contributed by atoms with Gasteiger partial charge in [-0.05, 0) is 0 Å². The summed E-state index contributed by atoms with van der Waals surface area (Å²) in [4.78, 5) is 1.77. The summed E-state index contributed by atoms with van der Waals surface area (Å²) in [6.45, 7) is 0. The molecule has 0 N–H and O–H groups in total. The van der Waals surface area contributed by atoms with Gasteiger partial charge in [-0.1, -0.05) is 0 Å². The van der Waals surface area contributed by atoms with Crippen LogP contribution in [0.25, 0.3) is 0 Å². The molecule has 2 rings (SSSR count). The third kappa shape index (κ3) is 2.28. The summed E-state index contributed by atoms with van der Waals surface area (Å²) in [5, 5.41) is 0. The molecule has 2 aromatic carbocycles. The molecule has 15 heavy (non-hydrogen) atoms. The van der Waals surface area contributed by atoms with E-state index in [0.717, 1.165) is 9.79 Å². The molecule has 1 nitrogen and oxygen atoms in total. The Morgan fingerprint density at radius 3 is 1.40 bits per heavy atom. The van der Waals surface area contributed by atoms with Crippen molar-refractivity contribution < 1.29 is 22.8 Å². The van der Waals surface area contributed by atoms with Gasteiger partial charge in [-0.3, -0.25) is 0 Å². The number of hydrogen-bond acceptors (Lipinski definition) is 1. The SMILES string of the molecule is O=[S](=[Ti])(c1ccccc1)c1ccccc1. The van der Waals surface area contributed by atoms with E-state index >= 15 is 0 Å². The zero-order valence-electron chi connectivity index (χ0n) is 8.09. The monoisotopic (exact) mass is 250 g/mol. The van der Waals surface area contributed by atoms with Crippen molar-refractivity contribution in [3.05, 3.63) is 60.7 Å². The molecule has 0 fully saturated rings. The van der Waals surface area contributed by atoms with Crippen molar-refractivity contribution in [1.82, 2.24) is 0 Å². The Hall–Kier alpha value is -0.696. The quantitative estimate of drug-likeness (QED) is 0.749. The molecular formula is C12H10OSTi. The van der Waals surface area contributed by atoms with Crippen LogP contribution >= 0.6 is 0 Å². The maximum atomic E-state index is 12.6. The average Bonchev–Trinajstić information content (AvgIpc) is 2.31. The van der Waals surface area contributed by atoms with Crippen molar-refractivity contribution in [2.75, 3.05) is 0 Å². The molecule has 0 unspecified atom stereocenters. The Balaban J connectivity index is 2.55. The molecule has 0 saturated heterocycles. The molecule has 2 aromatic rings. The summed E-state index contributed by atoms with van der Waals surface area (Å²) in [6, 6.07) is 19.2. The molecule has 0 aliphatic rings. The summed E-state index contributed by atoms with van der Waals surface area (Å²) in [5.74, 6) is 0. The van der Waals surface area contributed by atoms with E-state index in [-0.39, 0.29) is 0 Å². The Kier molecular flexibility index (Phi) is 3.20. The molecule has 0 bridgehead atoms. The van der Waals surface area contributed by atoms with Crippen molar-refractivity contribution in [2.45, 2.75) is 9.79 Å². The van der Waals surface area contributed by atoms with Gasteiger partial charge in [0.25, 0.3) is 0 Å². The van der Waals surface area contributed by atoms with Crippen molar-refractivity contribution in [2.24, 2.45) is 0 Å². The third-order valence-corrected chi connectivity index (χ3v) is 6.23. The Labute approximate surface area is 99.9 Å². The summed E-state index contributed by atoms with van der Waals surface area (Å²) in [7, 11) is -2.09. The Morgan fingerprint density at radius 2 is 1.07 bits per heavy atom. The van der Waals surface area contributed by atoms with E-state index in [1.807, 2.05) is 60.7 Å². The zero-order valence-corrected chi connectivity index (χ0v) is 10.5. The molecule has 0 saturated carbocycles. The number of rotatable bonds is 2. The van der Waals surface area contributed by atoms with Gasteiger partial charge in [-0.25, -0.2) is 0 Å². The first-order chi connectivity index (χ1) is 7.21. The Bertz CT molecular complexity index is 487. The van der Waals surface area contributed by atoms with Gasteiger partial charge in [-0.15, -0.1) is 0 Å². The van der Waals surface area contributed by atoms with Gasteiger partial charge in [0.05, 0.1) is 0 Å². The molecule has 0 spiro atoms. The van der Waals surface area contributed by atoms with Crippen LogP contribution in [-0.4, -0.2) is 4.21 Å². The van der Waals surface area contributed by atoms with E-state index < -0.39 is 7.00 Å². The standard InChI is InChI=1S/C12H10OS.Ti/c13-14(11-7-3-1-4-8-11)12-9-5-2-6-10-12;/h1-10H;. The first-order valence-electron chi connectivity index (χ1n) is 4.60. The van der Waals surface area contributed by atoms with Crippen LogP contribution in [-0.2, 0) is 25.6 Å². The van der Waals surface area contributed by atoms with Crippen LogP contribution in [0.15, 0.2) is 70.5 Å². The van der Waals surface area contributed by atoms with Gasteiger partial charge >= 0.3 is 100 Å². The van der Waals surface area contributed by atoms with Crippen LogP contribution in [0.1, 0.15) is 0 Å². The molecular weight excluding hydrogens is 240 g/mol. The fourth-order valence-corrected chi connectivity index (χ4v) is 3.99. The van der Waals surface area contributed by atoms with Gasteiger partial charge in [0.15, 0.2) is 0 Å². The summed E-state index contributed by atoms with van der Waals surface area (Å²) >= 11 is 1.79. The summed E-state index contributed by atoms with van der Waals surface area (Å²) < 4.78 is 12.6. The third-order valence-electron chi connectivity index (χ3n) is 2.15. The molecule has 0 heterocycles. The topological polar surface area (TPSA) is 17.1 Å². The molecule has 0 aliphatic carbocycles. The molecule has 0 amide bonds. The van der Waals surface area contributed by atoms with Crippen LogP contribution in [0.3, 0.4) is 0 Å². The second kappa shape index (κ2) is 4.44. The fraction of sp³-hybridized carbons (Fsp3) is 0. The van der Waals surface area contributed by atoms with Crippen LogP contribution in [0.5, 0.6) is 0 Å². The van der Waals surface area contributed by atoms with Crippen LogP contribution in [0.4, 0.5) is 0 Å². The number of benzene rings is 2. The molecule has 0 radical (unpaired) electrons. The normalized spacial score (nSPS) is 11.1. The zero-order chi connectivity index (χ0) is 10.7. The second-order valence-electron chi connectivity index (χ2n) is 3.18. The van der Waals surface area contributed by atoms with E-state index in [1.54, 1.807) is 18.6 Å². The fourth-order valence-electron chi connectivity index (χ4n) is 1.36. The van der Waals surface area contributed by atoms with E-state index in [2.05, 4.69) is 0 Å². The Morgan fingerprint density at radius 1 is 0.733 bits per heavy atom. The van der Waals surface area contributed by atoms with E-state index in [0.29, 0.717) is 0 Å². The predicted octanol–water partition coefficient (Wildman–Crippen LogP) is 2.85. The second-order valence-corrected chi connectivity index (χ2v) is 7.93. The van der Waals surface area contributed by atoms with Crippen LogP contribution in [0, 0.1) is 0 Å². The van der Waals surface area contributed by atoms with E-state index in [4.69, 9.17) is 0 Å². The van der Waals surface area contributed by atoms with Crippen molar-refractivity contribution in [3.8, 4) is 0 Å². The molecule has 0 atom stereocenters. The van der Waals surface area contributed by atoms with Gasteiger partial charge in [0.1, 0.15) is 0 Å². The van der Waals surface area contributed by atoms with E-state index in [9.17, 15) is 4.21 Å². The molecule has 0 aromatic heterocycles. The predicted molar refractivity (Wildman–Crippen MR) is 57.6 cm³/mol. The first-order valence-corrected chi connectivity index (χ1v) is 8.07. The van der Waals surface area contributed by atoms with Crippen molar-refractivity contribution in [1.29, 1.82) is 0 Å². The van der Waals surface area contributed by atoms with Gasteiger partial charge in [-0.2, -0.15) is 0 Å².